The molecule has 3 heterocycles. The van der Waals surface area contributed by atoms with Crippen LogP contribution in [0.5, 0.6) is 0 Å². The minimum atomic E-state index is 0. The number of halogens is 2. The number of aliphatic hydroxyl groups excluding tert-OH is 1. The quantitative estimate of drug-likeness (QED) is 0.858. The van der Waals surface area contributed by atoms with E-state index in [9.17, 15) is 5.11 Å². The highest BCUT2D eigenvalue weighted by Crippen LogP contribution is 2.35. The van der Waals surface area contributed by atoms with E-state index < -0.39 is 0 Å². The maximum Gasteiger partial charge on any atom is 0.112 e. The molecule has 0 spiro atoms. The molecule has 2 fully saturated rings. The van der Waals surface area contributed by atoms with Crippen molar-refractivity contribution in [2.75, 3.05) is 32.9 Å². The fourth-order valence-corrected chi connectivity index (χ4v) is 3.49. The van der Waals surface area contributed by atoms with Crippen LogP contribution in [0, 0.1) is 0 Å². The number of piperidine rings is 1. The van der Waals surface area contributed by atoms with Gasteiger partial charge in [-0.3, -0.25) is 0 Å². The summed E-state index contributed by atoms with van der Waals surface area (Å²) in [7, 11) is 0. The van der Waals surface area contributed by atoms with Crippen LogP contribution in [0.25, 0.3) is 0 Å². The third-order valence-electron chi connectivity index (χ3n) is 5.07. The standard InChI is InChI=1S/C16H27N3O2.2ClH/c1-16(4-10-21-11-5-16)14-12-19(8-9-20)15(18-14)13-2-6-17-7-3-13;;/h12-13,17,20H,2-11H2,1H3;2*1H. The van der Waals surface area contributed by atoms with Crippen LogP contribution in [-0.2, 0) is 16.7 Å². The average molecular weight is 366 g/mol. The summed E-state index contributed by atoms with van der Waals surface area (Å²) in [6, 6.07) is 0. The molecule has 23 heavy (non-hydrogen) atoms. The lowest BCUT2D eigenvalue weighted by atomic mass is 9.80. The van der Waals surface area contributed by atoms with Crippen LogP contribution in [0.15, 0.2) is 6.20 Å². The van der Waals surface area contributed by atoms with Crippen molar-refractivity contribution in [2.45, 2.75) is 50.5 Å². The Bertz CT molecular complexity index is 470. The van der Waals surface area contributed by atoms with Gasteiger partial charge in [0.1, 0.15) is 5.82 Å². The first-order valence-corrected chi connectivity index (χ1v) is 8.20. The number of hydrogen-bond donors (Lipinski definition) is 2. The van der Waals surface area contributed by atoms with Gasteiger partial charge in [0.05, 0.1) is 12.3 Å². The van der Waals surface area contributed by atoms with Crippen LogP contribution in [0.3, 0.4) is 0 Å². The summed E-state index contributed by atoms with van der Waals surface area (Å²) >= 11 is 0. The van der Waals surface area contributed by atoms with Gasteiger partial charge in [0.25, 0.3) is 0 Å². The van der Waals surface area contributed by atoms with Gasteiger partial charge in [0.15, 0.2) is 0 Å². The predicted molar refractivity (Wildman–Crippen MR) is 96.1 cm³/mol. The van der Waals surface area contributed by atoms with Gasteiger partial charge >= 0.3 is 0 Å². The fourth-order valence-electron chi connectivity index (χ4n) is 3.49. The Morgan fingerprint density at radius 2 is 1.96 bits per heavy atom. The molecule has 0 amide bonds. The second-order valence-corrected chi connectivity index (χ2v) is 6.60. The van der Waals surface area contributed by atoms with E-state index in [-0.39, 0.29) is 36.8 Å². The summed E-state index contributed by atoms with van der Waals surface area (Å²) in [5.74, 6) is 1.70. The van der Waals surface area contributed by atoms with E-state index in [1.165, 1.54) is 11.5 Å². The molecule has 134 valence electrons. The van der Waals surface area contributed by atoms with Gasteiger partial charge in [0, 0.05) is 37.3 Å². The molecule has 0 aromatic carbocycles. The molecule has 0 saturated carbocycles. The van der Waals surface area contributed by atoms with E-state index in [1.807, 2.05) is 0 Å². The first kappa shape index (κ1) is 20.7. The minimum absolute atomic E-state index is 0. The molecule has 3 rings (SSSR count). The molecular formula is C16H29Cl2N3O2. The minimum Gasteiger partial charge on any atom is -0.395 e. The zero-order valence-corrected chi connectivity index (χ0v) is 15.4. The molecule has 5 nitrogen and oxygen atoms in total. The normalized spacial score (nSPS) is 21.3. The summed E-state index contributed by atoms with van der Waals surface area (Å²) in [6.07, 6.45) is 6.53. The van der Waals surface area contributed by atoms with E-state index >= 15 is 0 Å². The molecule has 0 aliphatic carbocycles. The lowest BCUT2D eigenvalue weighted by Crippen LogP contribution is -2.31. The van der Waals surface area contributed by atoms with Gasteiger partial charge in [-0.05, 0) is 38.8 Å². The van der Waals surface area contributed by atoms with Crippen molar-refractivity contribution in [2.24, 2.45) is 0 Å². The zero-order valence-electron chi connectivity index (χ0n) is 13.8. The summed E-state index contributed by atoms with van der Waals surface area (Å²) in [5, 5.41) is 12.8. The molecule has 1 aromatic rings. The van der Waals surface area contributed by atoms with Crippen LogP contribution < -0.4 is 5.32 Å². The van der Waals surface area contributed by atoms with Gasteiger partial charge in [-0.2, -0.15) is 0 Å². The molecule has 2 N–H and O–H groups in total. The van der Waals surface area contributed by atoms with E-state index in [1.54, 1.807) is 0 Å². The Morgan fingerprint density at radius 3 is 2.57 bits per heavy atom. The Morgan fingerprint density at radius 1 is 1.30 bits per heavy atom. The van der Waals surface area contributed by atoms with Crippen LogP contribution >= 0.6 is 24.8 Å². The number of imidazole rings is 1. The number of aromatic nitrogens is 2. The Kier molecular flexibility index (Phi) is 8.31. The van der Waals surface area contributed by atoms with E-state index in [4.69, 9.17) is 9.72 Å². The molecule has 0 bridgehead atoms. The summed E-state index contributed by atoms with van der Waals surface area (Å²) in [5.41, 5.74) is 1.31. The second-order valence-electron chi connectivity index (χ2n) is 6.60. The van der Waals surface area contributed by atoms with Crippen molar-refractivity contribution in [3.05, 3.63) is 17.7 Å². The SMILES string of the molecule is CC1(c2cn(CCO)c(C3CCNCC3)n2)CCOCC1.Cl.Cl. The average Bonchev–Trinajstić information content (AvgIpc) is 2.94. The van der Waals surface area contributed by atoms with Crippen molar-refractivity contribution in [3.8, 4) is 0 Å². The van der Waals surface area contributed by atoms with Gasteiger partial charge in [-0.1, -0.05) is 6.92 Å². The molecular weight excluding hydrogens is 337 g/mol. The maximum absolute atomic E-state index is 9.35. The van der Waals surface area contributed by atoms with Crippen molar-refractivity contribution in [3.63, 3.8) is 0 Å². The molecule has 0 atom stereocenters. The van der Waals surface area contributed by atoms with Crippen LogP contribution in [-0.4, -0.2) is 47.6 Å². The Hall–Kier alpha value is -0.330. The smallest absolute Gasteiger partial charge is 0.112 e. The van der Waals surface area contributed by atoms with E-state index in [0.717, 1.165) is 52.0 Å². The molecule has 1 aromatic heterocycles. The zero-order chi connectivity index (χ0) is 14.7. The van der Waals surface area contributed by atoms with Gasteiger partial charge < -0.3 is 19.7 Å². The van der Waals surface area contributed by atoms with Crippen molar-refractivity contribution in [1.29, 1.82) is 0 Å². The van der Waals surface area contributed by atoms with E-state index in [0.29, 0.717) is 12.5 Å². The number of nitrogens with zero attached hydrogens (tertiary/aromatic N) is 2. The molecule has 2 saturated heterocycles. The first-order chi connectivity index (χ1) is 10.2. The van der Waals surface area contributed by atoms with E-state index in [2.05, 4.69) is 23.0 Å². The summed E-state index contributed by atoms with van der Waals surface area (Å²) in [4.78, 5) is 5.02. The van der Waals surface area contributed by atoms with Crippen LogP contribution in [0.1, 0.15) is 50.0 Å². The number of aliphatic hydroxyl groups is 1. The van der Waals surface area contributed by atoms with Gasteiger partial charge in [-0.15, -0.1) is 24.8 Å². The molecule has 2 aliphatic rings. The molecule has 7 heteroatoms. The third-order valence-corrected chi connectivity index (χ3v) is 5.07. The second kappa shape index (κ2) is 9.23. The van der Waals surface area contributed by atoms with Gasteiger partial charge in [-0.25, -0.2) is 4.98 Å². The lowest BCUT2D eigenvalue weighted by Gasteiger charge is -2.31. The predicted octanol–water partition coefficient (Wildman–Crippen LogP) is 2.25. The van der Waals surface area contributed by atoms with Crippen molar-refractivity contribution < 1.29 is 9.84 Å². The summed E-state index contributed by atoms with van der Waals surface area (Å²) < 4.78 is 7.69. The van der Waals surface area contributed by atoms with Crippen LogP contribution in [0.2, 0.25) is 0 Å². The highest BCUT2D eigenvalue weighted by Gasteiger charge is 2.33. The maximum atomic E-state index is 9.35. The van der Waals surface area contributed by atoms with Gasteiger partial charge in [0.2, 0.25) is 0 Å². The lowest BCUT2D eigenvalue weighted by molar-refractivity contribution is 0.0551. The topological polar surface area (TPSA) is 59.3 Å². The molecule has 0 radical (unpaired) electrons. The number of rotatable bonds is 4. The largest absolute Gasteiger partial charge is 0.395 e. The first-order valence-electron chi connectivity index (χ1n) is 8.20. The monoisotopic (exact) mass is 365 g/mol. The summed E-state index contributed by atoms with van der Waals surface area (Å²) in [6.45, 7) is 6.91. The number of nitrogens with one attached hydrogen (secondary N) is 1. The fraction of sp³-hybridized carbons (Fsp3) is 0.812. The third kappa shape index (κ3) is 4.60. The Labute approximate surface area is 151 Å². The number of hydrogen-bond acceptors (Lipinski definition) is 4. The molecule has 0 unspecified atom stereocenters. The van der Waals surface area contributed by atoms with Crippen LogP contribution in [0.4, 0.5) is 0 Å². The Balaban J connectivity index is 0.00000132. The molecule has 2 aliphatic heterocycles. The highest BCUT2D eigenvalue weighted by molar-refractivity contribution is 5.85. The van der Waals surface area contributed by atoms with Crippen molar-refractivity contribution >= 4 is 24.8 Å². The number of ether oxygens (including phenoxy) is 1. The highest BCUT2D eigenvalue weighted by atomic mass is 35.5. The van der Waals surface area contributed by atoms with Crippen molar-refractivity contribution in [1.82, 2.24) is 14.9 Å².